The summed E-state index contributed by atoms with van der Waals surface area (Å²) in [5.74, 6) is 1.27. The number of carbonyl (C=O) groups is 1. The number of rotatable bonds is 1. The summed E-state index contributed by atoms with van der Waals surface area (Å²) in [7, 11) is 1.95. The highest BCUT2D eigenvalue weighted by molar-refractivity contribution is 9.10. The highest BCUT2D eigenvalue weighted by atomic mass is 79.9. The number of alkyl halides is 1. The summed E-state index contributed by atoms with van der Waals surface area (Å²) in [6, 6.07) is 1.05. The van der Waals surface area contributed by atoms with E-state index in [1.54, 1.807) is 0 Å². The minimum atomic E-state index is -0.0329. The van der Waals surface area contributed by atoms with Crippen molar-refractivity contribution in [1.82, 2.24) is 25.9 Å². The number of halogens is 1. The number of fused-ring (bicyclic) bond motifs is 2. The fraction of sp³-hybridized carbons (Fsp3) is 0.714. The van der Waals surface area contributed by atoms with Gasteiger partial charge in [0.05, 0.1) is 17.1 Å². The van der Waals surface area contributed by atoms with Crippen molar-refractivity contribution in [3.63, 3.8) is 0 Å². The molecule has 0 radical (unpaired) electrons. The number of aromatic nitrogens is 2. The van der Waals surface area contributed by atoms with Gasteiger partial charge in [0.1, 0.15) is 0 Å². The molecule has 3 aliphatic rings. The third-order valence-electron chi connectivity index (χ3n) is 5.23. The Hall–Kier alpha value is -0.920. The summed E-state index contributed by atoms with van der Waals surface area (Å²) in [6.07, 6.45) is 7.12. The zero-order valence-corrected chi connectivity index (χ0v) is 13.5. The minimum absolute atomic E-state index is 0.0329. The van der Waals surface area contributed by atoms with E-state index in [-0.39, 0.29) is 10.7 Å². The molecular formula is C14H20BrN5O. The van der Waals surface area contributed by atoms with Crippen LogP contribution in [-0.2, 0) is 11.8 Å². The van der Waals surface area contributed by atoms with Crippen LogP contribution in [0.1, 0.15) is 30.9 Å². The van der Waals surface area contributed by atoms with Gasteiger partial charge in [-0.05, 0) is 31.1 Å². The summed E-state index contributed by atoms with van der Waals surface area (Å²) < 4.78 is 1.85. The number of nitrogens with one attached hydrogen (secondary N) is 3. The van der Waals surface area contributed by atoms with Gasteiger partial charge in [-0.1, -0.05) is 15.9 Å². The molecule has 3 N–H and O–H groups in total. The van der Waals surface area contributed by atoms with Crippen molar-refractivity contribution in [1.29, 1.82) is 0 Å². The molecule has 1 saturated carbocycles. The SMILES string of the molecule is Cn1cc(C2NNC3CC4NC(=O)C(Br)CC4CC32)cn1. The molecule has 7 heteroatoms. The van der Waals surface area contributed by atoms with Crippen LogP contribution < -0.4 is 16.2 Å². The van der Waals surface area contributed by atoms with Crippen molar-refractivity contribution >= 4 is 21.8 Å². The van der Waals surface area contributed by atoms with E-state index in [1.165, 1.54) is 5.56 Å². The molecule has 6 nitrogen and oxygen atoms in total. The number of hydrogen-bond donors (Lipinski definition) is 3. The second kappa shape index (κ2) is 5.07. The van der Waals surface area contributed by atoms with Gasteiger partial charge in [0, 0.05) is 30.9 Å². The van der Waals surface area contributed by atoms with Crippen LogP contribution in [0.3, 0.4) is 0 Å². The normalized spacial score (nSPS) is 42.3. The Bertz CT molecular complexity index is 561. The molecule has 0 spiro atoms. The topological polar surface area (TPSA) is 71.0 Å². The molecule has 1 aliphatic carbocycles. The van der Waals surface area contributed by atoms with E-state index in [4.69, 9.17) is 0 Å². The largest absolute Gasteiger partial charge is 0.352 e. The number of amides is 1. The zero-order valence-electron chi connectivity index (χ0n) is 11.9. The lowest BCUT2D eigenvalue weighted by molar-refractivity contribution is -0.124. The number of nitrogens with zero attached hydrogens (tertiary/aromatic N) is 2. The summed E-state index contributed by atoms with van der Waals surface area (Å²) in [4.78, 5) is 11.8. The molecule has 6 unspecified atom stereocenters. The molecule has 1 amide bonds. The van der Waals surface area contributed by atoms with E-state index < -0.39 is 0 Å². The molecule has 0 bridgehead atoms. The first-order valence-electron chi connectivity index (χ1n) is 7.56. The van der Waals surface area contributed by atoms with Crippen LogP contribution in [-0.4, -0.2) is 32.6 Å². The molecule has 3 heterocycles. The summed E-state index contributed by atoms with van der Waals surface area (Å²) in [5, 5.41) is 7.46. The predicted octanol–water partition coefficient (Wildman–Crippen LogP) is 0.616. The van der Waals surface area contributed by atoms with Gasteiger partial charge in [0.15, 0.2) is 0 Å². The van der Waals surface area contributed by atoms with E-state index in [0.717, 1.165) is 19.3 Å². The van der Waals surface area contributed by atoms with Crippen LogP contribution in [0, 0.1) is 11.8 Å². The number of carbonyl (C=O) groups excluding carboxylic acids is 1. The van der Waals surface area contributed by atoms with E-state index in [9.17, 15) is 4.79 Å². The van der Waals surface area contributed by atoms with Crippen LogP contribution >= 0.6 is 15.9 Å². The first kappa shape index (κ1) is 13.7. The van der Waals surface area contributed by atoms with Crippen LogP contribution in [0.25, 0.3) is 0 Å². The van der Waals surface area contributed by atoms with Crippen LogP contribution in [0.5, 0.6) is 0 Å². The number of hydrogen-bond acceptors (Lipinski definition) is 4. The first-order valence-corrected chi connectivity index (χ1v) is 8.47. The van der Waals surface area contributed by atoms with Gasteiger partial charge in [-0.2, -0.15) is 5.10 Å². The van der Waals surface area contributed by atoms with E-state index in [1.807, 2.05) is 17.9 Å². The van der Waals surface area contributed by atoms with Crippen molar-refractivity contribution in [2.24, 2.45) is 18.9 Å². The number of aryl methyl sites for hydroxylation is 1. The quantitative estimate of drug-likeness (QED) is 0.647. The Balaban J connectivity index is 1.54. The van der Waals surface area contributed by atoms with Gasteiger partial charge in [-0.25, -0.2) is 5.43 Å². The zero-order chi connectivity index (χ0) is 14.6. The highest BCUT2D eigenvalue weighted by Gasteiger charge is 2.47. The van der Waals surface area contributed by atoms with Gasteiger partial charge in [-0.3, -0.25) is 14.9 Å². The molecule has 6 atom stereocenters. The molecule has 114 valence electrons. The summed E-state index contributed by atoms with van der Waals surface area (Å²) >= 11 is 3.49. The summed E-state index contributed by atoms with van der Waals surface area (Å²) in [5.41, 5.74) is 8.10. The van der Waals surface area contributed by atoms with Crippen molar-refractivity contribution < 1.29 is 4.79 Å². The van der Waals surface area contributed by atoms with Crippen LogP contribution in [0.2, 0.25) is 0 Å². The van der Waals surface area contributed by atoms with Crippen LogP contribution in [0.15, 0.2) is 12.4 Å². The van der Waals surface area contributed by atoms with Crippen molar-refractivity contribution in [2.75, 3.05) is 0 Å². The molecule has 4 rings (SSSR count). The second-order valence-electron chi connectivity index (χ2n) is 6.53. The Morgan fingerprint density at radius 1 is 1.29 bits per heavy atom. The molecule has 21 heavy (non-hydrogen) atoms. The molecule has 2 saturated heterocycles. The van der Waals surface area contributed by atoms with Gasteiger partial charge in [0.25, 0.3) is 0 Å². The Labute approximate surface area is 132 Å². The fourth-order valence-corrected chi connectivity index (χ4v) is 4.78. The third-order valence-corrected chi connectivity index (χ3v) is 6.02. The molecule has 1 aromatic rings. The smallest absolute Gasteiger partial charge is 0.234 e. The van der Waals surface area contributed by atoms with Crippen molar-refractivity contribution in [2.45, 2.75) is 42.2 Å². The van der Waals surface area contributed by atoms with Crippen molar-refractivity contribution in [3.8, 4) is 0 Å². The van der Waals surface area contributed by atoms with E-state index in [0.29, 0.717) is 30.0 Å². The average molecular weight is 354 g/mol. The van der Waals surface area contributed by atoms with Crippen LogP contribution in [0.4, 0.5) is 0 Å². The second-order valence-corrected chi connectivity index (χ2v) is 7.64. The lowest BCUT2D eigenvalue weighted by Crippen LogP contribution is -2.56. The lowest BCUT2D eigenvalue weighted by atomic mass is 9.69. The third kappa shape index (κ3) is 2.31. The molecule has 3 fully saturated rings. The standard InChI is InChI=1S/C14H20BrN5O/c1-20-6-8(5-16-20)13-9-2-7-3-10(15)14(21)17-11(7)4-12(9)18-19-13/h5-7,9-13,18-19H,2-4H2,1H3,(H,17,21). The summed E-state index contributed by atoms with van der Waals surface area (Å²) in [6.45, 7) is 0. The minimum Gasteiger partial charge on any atom is -0.352 e. The highest BCUT2D eigenvalue weighted by Crippen LogP contribution is 2.43. The van der Waals surface area contributed by atoms with Gasteiger partial charge in [0.2, 0.25) is 5.91 Å². The maximum absolute atomic E-state index is 11.8. The Kier molecular flexibility index (Phi) is 3.31. The van der Waals surface area contributed by atoms with Crippen molar-refractivity contribution in [3.05, 3.63) is 18.0 Å². The fourth-order valence-electron chi connectivity index (χ4n) is 4.17. The van der Waals surface area contributed by atoms with Gasteiger partial charge in [-0.15, -0.1) is 0 Å². The maximum atomic E-state index is 11.8. The molecular weight excluding hydrogens is 334 g/mol. The lowest BCUT2D eigenvalue weighted by Gasteiger charge is -2.43. The van der Waals surface area contributed by atoms with E-state index in [2.05, 4.69) is 43.4 Å². The predicted molar refractivity (Wildman–Crippen MR) is 81.5 cm³/mol. The van der Waals surface area contributed by atoms with E-state index >= 15 is 0 Å². The average Bonchev–Trinajstić information content (AvgIpc) is 3.03. The Morgan fingerprint density at radius 2 is 2.14 bits per heavy atom. The van der Waals surface area contributed by atoms with Gasteiger partial charge < -0.3 is 5.32 Å². The first-order chi connectivity index (χ1) is 10.1. The monoisotopic (exact) mass is 353 g/mol. The Morgan fingerprint density at radius 3 is 2.90 bits per heavy atom. The molecule has 1 aromatic heterocycles. The number of piperidine rings is 1. The molecule has 2 aliphatic heterocycles. The number of hydrazine groups is 1. The van der Waals surface area contributed by atoms with Gasteiger partial charge >= 0.3 is 0 Å². The molecule has 0 aromatic carbocycles. The maximum Gasteiger partial charge on any atom is 0.234 e.